The summed E-state index contributed by atoms with van der Waals surface area (Å²) in [6, 6.07) is 58.0. The van der Waals surface area contributed by atoms with Crippen LogP contribution in [-0.2, 0) is 0 Å². The van der Waals surface area contributed by atoms with Crippen LogP contribution in [0.3, 0.4) is 0 Å². The third-order valence-corrected chi connectivity index (χ3v) is 11.3. The standard InChI is InChI=1S/C53H34N4/c54-48-24-12-11-23-45(48)52-40-18-6-3-15-37(40)31-49(55-52)33-25-27-34(28-26-33)53-56-50(46-29-35-13-1-4-16-38(35)41-19-7-9-21-43(41)46)32-51(57-53)47-30-36-14-2-5-17-39(36)42-20-8-10-22-44(42)47/h1-32,54-55H/b52-45-,54-48?. The Morgan fingerprint density at radius 1 is 0.439 bits per heavy atom. The van der Waals surface area contributed by atoms with Crippen LogP contribution in [0.15, 0.2) is 194 Å². The van der Waals surface area contributed by atoms with Crippen molar-refractivity contribution in [3.8, 4) is 33.9 Å². The van der Waals surface area contributed by atoms with Gasteiger partial charge < -0.3 is 10.7 Å². The monoisotopic (exact) mass is 726 g/mol. The molecule has 4 heteroatoms. The molecule has 57 heavy (non-hydrogen) atoms. The molecule has 11 rings (SSSR count). The van der Waals surface area contributed by atoms with E-state index in [1.807, 2.05) is 30.4 Å². The van der Waals surface area contributed by atoms with Crippen LogP contribution in [0.5, 0.6) is 0 Å². The van der Waals surface area contributed by atoms with Crippen LogP contribution in [0.4, 0.5) is 0 Å². The molecular weight excluding hydrogens is 693 g/mol. The van der Waals surface area contributed by atoms with Gasteiger partial charge in [-0.15, -0.1) is 0 Å². The molecule has 8 aromatic carbocycles. The lowest BCUT2D eigenvalue weighted by atomic mass is 9.91. The number of hydrogen-bond acceptors (Lipinski definition) is 4. The smallest absolute Gasteiger partial charge is 0.160 e. The molecule has 0 fully saturated rings. The van der Waals surface area contributed by atoms with E-state index in [1.54, 1.807) is 0 Å². The van der Waals surface area contributed by atoms with Gasteiger partial charge in [-0.25, -0.2) is 9.97 Å². The third-order valence-electron chi connectivity index (χ3n) is 11.3. The van der Waals surface area contributed by atoms with Crippen LogP contribution < -0.4 is 5.32 Å². The van der Waals surface area contributed by atoms with Gasteiger partial charge in [0.2, 0.25) is 0 Å². The summed E-state index contributed by atoms with van der Waals surface area (Å²) in [5.41, 5.74) is 11.3. The van der Waals surface area contributed by atoms with Gasteiger partial charge in [-0.1, -0.05) is 164 Å². The second-order valence-corrected chi connectivity index (χ2v) is 14.6. The Balaban J connectivity index is 1.09. The second-order valence-electron chi connectivity index (χ2n) is 14.6. The van der Waals surface area contributed by atoms with Gasteiger partial charge in [-0.05, 0) is 84.6 Å². The number of fused-ring (bicyclic) bond motifs is 7. The molecule has 2 heterocycles. The number of rotatable bonds is 4. The highest BCUT2D eigenvalue weighted by Gasteiger charge is 2.21. The van der Waals surface area contributed by atoms with Gasteiger partial charge in [0.05, 0.1) is 22.8 Å². The van der Waals surface area contributed by atoms with E-state index in [0.29, 0.717) is 11.5 Å². The summed E-state index contributed by atoms with van der Waals surface area (Å²) < 4.78 is 0. The summed E-state index contributed by atoms with van der Waals surface area (Å²) >= 11 is 0. The minimum atomic E-state index is 0.484. The summed E-state index contributed by atoms with van der Waals surface area (Å²) in [6.45, 7) is 0. The summed E-state index contributed by atoms with van der Waals surface area (Å²) in [7, 11) is 0. The third kappa shape index (κ3) is 5.58. The van der Waals surface area contributed by atoms with Gasteiger partial charge in [-0.2, -0.15) is 0 Å². The van der Waals surface area contributed by atoms with E-state index in [2.05, 4.69) is 169 Å². The lowest BCUT2D eigenvalue weighted by molar-refractivity contribution is 1.18. The van der Waals surface area contributed by atoms with E-state index < -0.39 is 0 Å². The molecular formula is C53H34N4. The zero-order chi connectivity index (χ0) is 37.9. The van der Waals surface area contributed by atoms with Crippen molar-refractivity contribution in [3.63, 3.8) is 0 Å². The van der Waals surface area contributed by atoms with E-state index >= 15 is 0 Å². The summed E-state index contributed by atoms with van der Waals surface area (Å²) in [6.07, 6.45) is 9.92. The lowest BCUT2D eigenvalue weighted by Gasteiger charge is -2.25. The van der Waals surface area contributed by atoms with Gasteiger partial charge in [0.15, 0.2) is 5.82 Å². The minimum absolute atomic E-state index is 0.484. The molecule has 1 aromatic heterocycles. The molecule has 0 saturated heterocycles. The Morgan fingerprint density at radius 3 is 1.56 bits per heavy atom. The zero-order valence-corrected chi connectivity index (χ0v) is 30.9. The number of nitrogens with zero attached hydrogens (tertiary/aromatic N) is 2. The Labute approximate surface area is 330 Å². The Bertz CT molecular complexity index is 3130. The fourth-order valence-corrected chi connectivity index (χ4v) is 8.50. The first kappa shape index (κ1) is 32.7. The molecule has 4 nitrogen and oxygen atoms in total. The molecule has 1 aliphatic carbocycles. The molecule has 0 saturated carbocycles. The Kier molecular flexibility index (Phi) is 7.61. The van der Waals surface area contributed by atoms with E-state index in [9.17, 15) is 0 Å². The quantitative estimate of drug-likeness (QED) is 0.178. The van der Waals surface area contributed by atoms with Crippen molar-refractivity contribution >= 4 is 66.3 Å². The Morgan fingerprint density at radius 2 is 0.947 bits per heavy atom. The molecule has 2 N–H and O–H groups in total. The normalized spacial score (nSPS) is 14.9. The number of benzene rings is 8. The van der Waals surface area contributed by atoms with E-state index in [0.717, 1.165) is 72.5 Å². The van der Waals surface area contributed by atoms with E-state index in [1.165, 1.54) is 32.3 Å². The number of allylic oxidation sites excluding steroid dienone is 5. The van der Waals surface area contributed by atoms with Gasteiger partial charge in [-0.3, -0.25) is 0 Å². The molecule has 9 aromatic rings. The average Bonchev–Trinajstić information content (AvgIpc) is 3.28. The molecule has 0 unspecified atom stereocenters. The highest BCUT2D eigenvalue weighted by atomic mass is 14.9. The first-order chi connectivity index (χ1) is 28.2. The highest BCUT2D eigenvalue weighted by molar-refractivity contribution is 6.17. The Hall–Kier alpha value is -7.69. The molecule has 0 radical (unpaired) electrons. The van der Waals surface area contributed by atoms with Crippen molar-refractivity contribution in [2.24, 2.45) is 0 Å². The van der Waals surface area contributed by atoms with Crippen molar-refractivity contribution in [1.29, 1.82) is 5.41 Å². The summed E-state index contributed by atoms with van der Waals surface area (Å²) in [5, 5.41) is 21.9. The molecule has 2 aliphatic rings. The summed E-state index contributed by atoms with van der Waals surface area (Å²) in [4.78, 5) is 10.7. The van der Waals surface area contributed by atoms with Crippen molar-refractivity contribution in [1.82, 2.24) is 15.3 Å². The average molecular weight is 727 g/mol. The SMILES string of the molecule is N=C1C=CC=C/C1=C1/NC(c2ccc(-c3nc(-c4cc5ccccc5c5ccccc45)cc(-c4cc5ccccc5c5ccccc45)n3)cc2)=Cc2ccccc21. The van der Waals surface area contributed by atoms with Crippen LogP contribution in [0.1, 0.15) is 16.7 Å². The van der Waals surface area contributed by atoms with Crippen LogP contribution in [0.2, 0.25) is 0 Å². The van der Waals surface area contributed by atoms with E-state index in [4.69, 9.17) is 15.4 Å². The molecule has 0 amide bonds. The van der Waals surface area contributed by atoms with E-state index in [-0.39, 0.29) is 0 Å². The van der Waals surface area contributed by atoms with Gasteiger partial charge in [0, 0.05) is 33.5 Å². The highest BCUT2D eigenvalue weighted by Crippen LogP contribution is 2.40. The maximum Gasteiger partial charge on any atom is 0.160 e. The number of hydrogen-bond donors (Lipinski definition) is 2. The van der Waals surface area contributed by atoms with Crippen LogP contribution in [0, 0.1) is 5.41 Å². The van der Waals surface area contributed by atoms with Crippen LogP contribution in [-0.4, -0.2) is 15.7 Å². The molecule has 1 aliphatic heterocycles. The predicted octanol–water partition coefficient (Wildman–Crippen LogP) is 13.0. The fraction of sp³-hybridized carbons (Fsp3) is 0. The van der Waals surface area contributed by atoms with Crippen molar-refractivity contribution in [2.75, 3.05) is 0 Å². The maximum atomic E-state index is 8.68. The van der Waals surface area contributed by atoms with Gasteiger partial charge in [0.25, 0.3) is 0 Å². The molecule has 0 atom stereocenters. The van der Waals surface area contributed by atoms with Crippen molar-refractivity contribution < 1.29 is 0 Å². The van der Waals surface area contributed by atoms with Crippen LogP contribution >= 0.6 is 0 Å². The largest absolute Gasteiger partial charge is 0.354 e. The number of nitrogens with one attached hydrogen (secondary N) is 2. The fourth-order valence-electron chi connectivity index (χ4n) is 8.50. The summed E-state index contributed by atoms with van der Waals surface area (Å²) in [5.74, 6) is 0.662. The maximum absolute atomic E-state index is 8.68. The van der Waals surface area contributed by atoms with Gasteiger partial charge >= 0.3 is 0 Å². The molecule has 0 spiro atoms. The molecule has 266 valence electrons. The topological polar surface area (TPSA) is 61.7 Å². The van der Waals surface area contributed by atoms with Crippen LogP contribution in [0.25, 0.3) is 94.5 Å². The van der Waals surface area contributed by atoms with Gasteiger partial charge in [0.1, 0.15) is 0 Å². The first-order valence-corrected chi connectivity index (χ1v) is 19.2. The molecule has 0 bridgehead atoms. The minimum Gasteiger partial charge on any atom is -0.354 e. The predicted molar refractivity (Wildman–Crippen MR) is 239 cm³/mol. The first-order valence-electron chi connectivity index (χ1n) is 19.2. The second kappa shape index (κ2) is 13.3. The number of aromatic nitrogens is 2. The zero-order valence-electron chi connectivity index (χ0n) is 30.9. The van der Waals surface area contributed by atoms with Crippen molar-refractivity contribution in [3.05, 3.63) is 210 Å². The lowest BCUT2D eigenvalue weighted by Crippen LogP contribution is -2.19. The van der Waals surface area contributed by atoms with Crippen molar-refractivity contribution in [2.45, 2.75) is 0 Å².